The predicted molar refractivity (Wildman–Crippen MR) is 123 cm³/mol. The van der Waals surface area contributed by atoms with Gasteiger partial charge in [-0.2, -0.15) is 0 Å². The summed E-state index contributed by atoms with van der Waals surface area (Å²) >= 11 is 0. The van der Waals surface area contributed by atoms with Gasteiger partial charge in [-0.1, -0.05) is 44.2 Å². The minimum Gasteiger partial charge on any atom is -0.508 e. The number of nitrogens with one attached hydrogen (secondary N) is 1. The van der Waals surface area contributed by atoms with Crippen LogP contribution in [-0.2, 0) is 17.8 Å². The normalized spacial score (nSPS) is 11.7. The Labute approximate surface area is 182 Å². The lowest BCUT2D eigenvalue weighted by Gasteiger charge is -2.23. The Kier molecular flexibility index (Phi) is 6.39. The van der Waals surface area contributed by atoms with E-state index in [0.29, 0.717) is 23.0 Å². The number of fused-ring (bicyclic) bond motifs is 1. The van der Waals surface area contributed by atoms with Crippen molar-refractivity contribution < 1.29 is 14.6 Å². The maximum absolute atomic E-state index is 13.4. The van der Waals surface area contributed by atoms with Gasteiger partial charge in [-0.15, -0.1) is 0 Å². The summed E-state index contributed by atoms with van der Waals surface area (Å²) in [6, 6.07) is 14.5. The number of hydrogen-bond acceptors (Lipinski definition) is 4. The van der Waals surface area contributed by atoms with Crippen LogP contribution in [-0.4, -0.2) is 21.4 Å². The summed E-state index contributed by atoms with van der Waals surface area (Å²) in [5.74, 6) is 0.299. The van der Waals surface area contributed by atoms with Crippen LogP contribution in [0, 0.1) is 5.92 Å². The molecular formula is C25H30N2O4. The highest BCUT2D eigenvalue weighted by molar-refractivity contribution is 5.98. The number of rotatable bonds is 5. The van der Waals surface area contributed by atoms with Crippen molar-refractivity contribution in [2.75, 3.05) is 0 Å². The number of nitrogens with zero attached hydrogens (tertiary/aromatic N) is 1. The smallest absolute Gasteiger partial charge is 0.407 e. The molecule has 1 aromatic heterocycles. The molecule has 0 bridgehead atoms. The summed E-state index contributed by atoms with van der Waals surface area (Å²) in [6.45, 7) is 10.1. The van der Waals surface area contributed by atoms with Crippen LogP contribution in [0.1, 0.15) is 40.3 Å². The van der Waals surface area contributed by atoms with E-state index in [4.69, 9.17) is 4.74 Å². The zero-order chi connectivity index (χ0) is 22.8. The maximum Gasteiger partial charge on any atom is 0.407 e. The molecule has 0 radical (unpaired) electrons. The molecule has 0 atom stereocenters. The summed E-state index contributed by atoms with van der Waals surface area (Å²) in [5, 5.41) is 14.1. The Morgan fingerprint density at radius 2 is 1.77 bits per heavy atom. The number of hydrogen-bond donors (Lipinski definition) is 2. The molecule has 1 heterocycles. The lowest BCUT2D eigenvalue weighted by atomic mass is 9.96. The second kappa shape index (κ2) is 8.84. The minimum absolute atomic E-state index is 0.0803. The second-order valence-electron chi connectivity index (χ2n) is 9.08. The van der Waals surface area contributed by atoms with Gasteiger partial charge in [0.25, 0.3) is 5.56 Å². The molecular weight excluding hydrogens is 392 g/mol. The lowest BCUT2D eigenvalue weighted by molar-refractivity contribution is 0.0522. The van der Waals surface area contributed by atoms with Gasteiger partial charge in [0.1, 0.15) is 11.4 Å². The SMILES string of the molecule is CC(C)Cn1c(CNC(=O)OC(C)(C)C)c(-c2ccccc2)c2cc(O)ccc2c1=O. The molecule has 3 aromatic rings. The fourth-order valence-corrected chi connectivity index (χ4v) is 3.62. The van der Waals surface area contributed by atoms with E-state index in [2.05, 4.69) is 5.32 Å². The van der Waals surface area contributed by atoms with Gasteiger partial charge in [-0.25, -0.2) is 4.79 Å². The number of carbonyl (C=O) groups is 1. The Morgan fingerprint density at radius 3 is 2.39 bits per heavy atom. The van der Waals surface area contributed by atoms with E-state index in [9.17, 15) is 14.7 Å². The van der Waals surface area contributed by atoms with Gasteiger partial charge < -0.3 is 19.7 Å². The number of aromatic hydroxyl groups is 1. The van der Waals surface area contributed by atoms with Crippen molar-refractivity contribution in [2.45, 2.75) is 53.3 Å². The van der Waals surface area contributed by atoms with Crippen LogP contribution in [0.2, 0.25) is 0 Å². The molecule has 1 amide bonds. The van der Waals surface area contributed by atoms with Crippen molar-refractivity contribution in [1.82, 2.24) is 9.88 Å². The lowest BCUT2D eigenvalue weighted by Crippen LogP contribution is -2.35. The molecule has 6 heteroatoms. The third-order valence-electron chi connectivity index (χ3n) is 4.77. The molecule has 0 unspecified atom stereocenters. The number of alkyl carbamates (subject to hydrolysis) is 1. The quantitative estimate of drug-likeness (QED) is 0.603. The number of pyridine rings is 1. The number of aromatic nitrogens is 1. The fourth-order valence-electron chi connectivity index (χ4n) is 3.62. The summed E-state index contributed by atoms with van der Waals surface area (Å²) in [4.78, 5) is 25.7. The van der Waals surface area contributed by atoms with Crippen molar-refractivity contribution in [1.29, 1.82) is 0 Å². The fraction of sp³-hybridized carbons (Fsp3) is 0.360. The molecule has 0 saturated heterocycles. The molecule has 0 fully saturated rings. The molecule has 0 saturated carbocycles. The zero-order valence-electron chi connectivity index (χ0n) is 18.7. The highest BCUT2D eigenvalue weighted by Crippen LogP contribution is 2.33. The molecule has 31 heavy (non-hydrogen) atoms. The largest absolute Gasteiger partial charge is 0.508 e. The summed E-state index contributed by atoms with van der Waals surface area (Å²) in [7, 11) is 0. The van der Waals surface area contributed by atoms with E-state index < -0.39 is 11.7 Å². The molecule has 2 N–H and O–H groups in total. The van der Waals surface area contributed by atoms with Crippen molar-refractivity contribution in [2.24, 2.45) is 5.92 Å². The van der Waals surface area contributed by atoms with Crippen LogP contribution in [0.4, 0.5) is 4.79 Å². The molecule has 0 spiro atoms. The molecule has 164 valence electrons. The first-order chi connectivity index (χ1) is 14.6. The Bertz CT molecular complexity index is 1140. The van der Waals surface area contributed by atoms with Gasteiger partial charge in [0.2, 0.25) is 0 Å². The number of phenols is 1. The van der Waals surface area contributed by atoms with E-state index >= 15 is 0 Å². The number of amides is 1. The van der Waals surface area contributed by atoms with Crippen LogP contribution < -0.4 is 10.9 Å². The van der Waals surface area contributed by atoms with Gasteiger partial charge in [-0.05, 0) is 50.5 Å². The highest BCUT2D eigenvalue weighted by Gasteiger charge is 2.21. The van der Waals surface area contributed by atoms with E-state index in [0.717, 1.165) is 11.1 Å². The van der Waals surface area contributed by atoms with Crippen molar-refractivity contribution in [3.05, 3.63) is 64.6 Å². The van der Waals surface area contributed by atoms with E-state index in [1.165, 1.54) is 6.07 Å². The molecule has 0 aliphatic carbocycles. The average molecular weight is 423 g/mol. The van der Waals surface area contributed by atoms with Crippen molar-refractivity contribution in [3.63, 3.8) is 0 Å². The van der Waals surface area contributed by atoms with Gasteiger partial charge in [-0.3, -0.25) is 4.79 Å². The molecule has 2 aromatic carbocycles. The van der Waals surface area contributed by atoms with E-state index in [1.54, 1.807) is 37.5 Å². The van der Waals surface area contributed by atoms with Gasteiger partial charge in [0.05, 0.1) is 6.54 Å². The topological polar surface area (TPSA) is 80.6 Å². The molecule has 0 aliphatic rings. The number of phenolic OH excluding ortho intramolecular Hbond substituents is 1. The first kappa shape index (κ1) is 22.4. The van der Waals surface area contributed by atoms with E-state index in [-0.39, 0.29) is 23.8 Å². The number of carbonyl (C=O) groups excluding carboxylic acids is 1. The standard InChI is InChI=1S/C25H30N2O4/c1-16(2)15-27-21(14-26-24(30)31-25(3,4)5)22(17-9-7-6-8-10-17)20-13-18(28)11-12-19(20)23(27)29/h6-13,16,28H,14-15H2,1-5H3,(H,26,30). The zero-order valence-corrected chi connectivity index (χ0v) is 18.7. The third-order valence-corrected chi connectivity index (χ3v) is 4.77. The van der Waals surface area contributed by atoms with E-state index in [1.807, 2.05) is 44.2 Å². The first-order valence-corrected chi connectivity index (χ1v) is 10.5. The predicted octanol–water partition coefficient (Wildman–Crippen LogP) is 5.05. The number of benzene rings is 2. The third kappa shape index (κ3) is 5.26. The van der Waals surface area contributed by atoms with Crippen LogP contribution in [0.3, 0.4) is 0 Å². The van der Waals surface area contributed by atoms with Gasteiger partial charge in [0.15, 0.2) is 0 Å². The highest BCUT2D eigenvalue weighted by atomic mass is 16.6. The molecule has 6 nitrogen and oxygen atoms in total. The average Bonchev–Trinajstić information content (AvgIpc) is 2.67. The monoisotopic (exact) mass is 422 g/mol. The van der Waals surface area contributed by atoms with Crippen LogP contribution >= 0.6 is 0 Å². The van der Waals surface area contributed by atoms with Gasteiger partial charge in [0, 0.05) is 28.6 Å². The first-order valence-electron chi connectivity index (χ1n) is 10.5. The number of ether oxygens (including phenoxy) is 1. The van der Waals surface area contributed by atoms with Crippen LogP contribution in [0.15, 0.2) is 53.3 Å². The van der Waals surface area contributed by atoms with Crippen LogP contribution in [0.5, 0.6) is 5.75 Å². The summed E-state index contributed by atoms with van der Waals surface area (Å²) in [6.07, 6.45) is -0.550. The minimum atomic E-state index is -0.626. The van der Waals surface area contributed by atoms with Crippen molar-refractivity contribution in [3.8, 4) is 16.9 Å². The molecule has 0 aliphatic heterocycles. The maximum atomic E-state index is 13.4. The van der Waals surface area contributed by atoms with Gasteiger partial charge >= 0.3 is 6.09 Å². The Morgan fingerprint density at radius 1 is 1.10 bits per heavy atom. The van der Waals surface area contributed by atoms with Crippen molar-refractivity contribution >= 4 is 16.9 Å². The summed E-state index contributed by atoms with van der Waals surface area (Å²) < 4.78 is 7.11. The molecule has 3 rings (SSSR count). The van der Waals surface area contributed by atoms with Crippen LogP contribution in [0.25, 0.3) is 21.9 Å². The second-order valence-corrected chi connectivity index (χ2v) is 9.08. The summed E-state index contributed by atoms with van der Waals surface area (Å²) in [5.41, 5.74) is 1.61. The Balaban J connectivity index is 2.25. The Hall–Kier alpha value is -3.28.